The van der Waals surface area contributed by atoms with Crippen molar-refractivity contribution in [3.8, 4) is 0 Å². The van der Waals surface area contributed by atoms with Gasteiger partial charge in [-0.15, -0.1) is 0 Å². The van der Waals surface area contributed by atoms with Crippen LogP contribution in [-0.4, -0.2) is 33.9 Å². The Morgan fingerprint density at radius 3 is 2.70 bits per heavy atom. The third-order valence-corrected chi connectivity index (χ3v) is 5.57. The number of rotatable bonds is 2. The van der Waals surface area contributed by atoms with Gasteiger partial charge in [-0.2, -0.15) is 0 Å². The molecule has 27 heavy (non-hydrogen) atoms. The Labute approximate surface area is 157 Å². The Hall–Kier alpha value is -3.14. The summed E-state index contributed by atoms with van der Waals surface area (Å²) in [5.74, 6) is 0.446. The van der Waals surface area contributed by atoms with E-state index >= 15 is 0 Å². The first kappa shape index (κ1) is 16.1. The average Bonchev–Trinajstić information content (AvgIpc) is 3.35. The van der Waals surface area contributed by atoms with Crippen molar-refractivity contribution in [2.75, 3.05) is 13.1 Å². The minimum Gasteiger partial charge on any atom is -0.357 e. The molecule has 1 unspecified atom stereocenters. The number of aromatic nitrogens is 2. The van der Waals surface area contributed by atoms with E-state index in [-0.39, 0.29) is 5.91 Å². The monoisotopic (exact) mass is 355 g/mol. The molecule has 1 amide bonds. The molecule has 1 saturated heterocycles. The second kappa shape index (κ2) is 6.23. The zero-order valence-corrected chi connectivity index (χ0v) is 15.3. The average molecular weight is 355 g/mol. The molecule has 0 saturated carbocycles. The number of nitrogens with zero attached hydrogens (tertiary/aromatic N) is 2. The fraction of sp³-hybridized carbons (Fsp3) is 0.217. The summed E-state index contributed by atoms with van der Waals surface area (Å²) in [7, 11) is 0. The van der Waals surface area contributed by atoms with Crippen LogP contribution >= 0.6 is 0 Å². The molecule has 3 heterocycles. The van der Waals surface area contributed by atoms with Gasteiger partial charge in [0.1, 0.15) is 5.69 Å². The maximum Gasteiger partial charge on any atom is 0.272 e. The number of aromatic amines is 1. The van der Waals surface area contributed by atoms with Gasteiger partial charge in [0, 0.05) is 35.5 Å². The highest BCUT2D eigenvalue weighted by atomic mass is 16.2. The van der Waals surface area contributed by atoms with Crippen LogP contribution in [0.15, 0.2) is 60.7 Å². The summed E-state index contributed by atoms with van der Waals surface area (Å²) >= 11 is 0. The summed E-state index contributed by atoms with van der Waals surface area (Å²) in [4.78, 5) is 23.1. The molecule has 1 fully saturated rings. The summed E-state index contributed by atoms with van der Waals surface area (Å²) in [6.07, 6.45) is 1.01. The van der Waals surface area contributed by atoms with Crippen LogP contribution < -0.4 is 0 Å². The number of hydrogen-bond acceptors (Lipinski definition) is 2. The molecule has 1 N–H and O–H groups in total. The Morgan fingerprint density at radius 2 is 1.85 bits per heavy atom. The number of carbonyl (C=O) groups is 1. The van der Waals surface area contributed by atoms with Crippen molar-refractivity contribution in [2.24, 2.45) is 0 Å². The van der Waals surface area contributed by atoms with Crippen LogP contribution in [0.1, 0.15) is 34.1 Å². The van der Waals surface area contributed by atoms with Crippen molar-refractivity contribution in [1.29, 1.82) is 0 Å². The largest absolute Gasteiger partial charge is 0.357 e. The second-order valence-electron chi connectivity index (χ2n) is 7.40. The van der Waals surface area contributed by atoms with E-state index in [1.54, 1.807) is 0 Å². The molecular formula is C23H21N3O. The van der Waals surface area contributed by atoms with Crippen molar-refractivity contribution >= 4 is 27.7 Å². The molecule has 0 radical (unpaired) electrons. The number of amides is 1. The number of aryl methyl sites for hydroxylation is 1. The molecule has 0 spiro atoms. The van der Waals surface area contributed by atoms with Crippen LogP contribution in [0.3, 0.4) is 0 Å². The Bertz CT molecular complexity index is 1150. The van der Waals surface area contributed by atoms with Crippen molar-refractivity contribution in [2.45, 2.75) is 19.3 Å². The quantitative estimate of drug-likeness (QED) is 0.569. The molecule has 1 atom stereocenters. The number of pyridine rings is 1. The highest BCUT2D eigenvalue weighted by Crippen LogP contribution is 2.29. The smallest absolute Gasteiger partial charge is 0.272 e. The highest BCUT2D eigenvalue weighted by molar-refractivity contribution is 6.07. The molecular weight excluding hydrogens is 334 g/mol. The first-order valence-corrected chi connectivity index (χ1v) is 9.42. The lowest BCUT2D eigenvalue weighted by atomic mass is 9.99. The van der Waals surface area contributed by atoms with Gasteiger partial charge >= 0.3 is 0 Å². The number of carbonyl (C=O) groups excluding carboxylic acids is 1. The van der Waals surface area contributed by atoms with E-state index in [2.05, 4.69) is 47.4 Å². The highest BCUT2D eigenvalue weighted by Gasteiger charge is 2.29. The molecule has 134 valence electrons. The number of fused-ring (bicyclic) bond motifs is 3. The third-order valence-electron chi connectivity index (χ3n) is 5.57. The standard InChI is InChI=1S/C23H21N3O/c1-15-7-8-17-9-10-18-13-20(25-22(18)21(17)24-15)23(27)26-12-11-19(14-26)16-5-3-2-4-6-16/h2-10,13,19,24H,11-12,14H2,1H3. The van der Waals surface area contributed by atoms with Crippen molar-refractivity contribution < 1.29 is 4.79 Å². The number of hydrogen-bond donors (Lipinski definition) is 1. The van der Waals surface area contributed by atoms with Gasteiger partial charge in [0.15, 0.2) is 0 Å². The van der Waals surface area contributed by atoms with Crippen molar-refractivity contribution in [3.63, 3.8) is 0 Å². The molecule has 0 aliphatic carbocycles. The number of H-pyrrole nitrogens is 1. The predicted molar refractivity (Wildman–Crippen MR) is 108 cm³/mol. The Kier molecular flexibility index (Phi) is 3.71. The maximum atomic E-state index is 13.0. The molecule has 1 aliphatic heterocycles. The molecule has 5 rings (SSSR count). The van der Waals surface area contributed by atoms with Crippen LogP contribution in [-0.2, 0) is 0 Å². The van der Waals surface area contributed by atoms with Crippen molar-refractivity contribution in [1.82, 2.24) is 14.9 Å². The molecule has 4 nitrogen and oxygen atoms in total. The van der Waals surface area contributed by atoms with E-state index in [4.69, 9.17) is 4.98 Å². The van der Waals surface area contributed by atoms with Crippen LogP contribution in [0.25, 0.3) is 21.8 Å². The van der Waals surface area contributed by atoms with Gasteiger partial charge in [0.05, 0.1) is 11.0 Å². The van der Waals surface area contributed by atoms with E-state index in [1.807, 2.05) is 30.0 Å². The van der Waals surface area contributed by atoms with Crippen molar-refractivity contribution in [3.05, 3.63) is 77.6 Å². The van der Waals surface area contributed by atoms with Crippen LogP contribution in [0.4, 0.5) is 0 Å². The van der Waals surface area contributed by atoms with Gasteiger partial charge in [-0.1, -0.05) is 48.5 Å². The molecule has 4 aromatic rings. The molecule has 4 heteroatoms. The van der Waals surface area contributed by atoms with Gasteiger partial charge < -0.3 is 9.88 Å². The van der Waals surface area contributed by atoms with E-state index in [9.17, 15) is 4.79 Å². The van der Waals surface area contributed by atoms with Crippen LogP contribution in [0.5, 0.6) is 0 Å². The Morgan fingerprint density at radius 1 is 1.07 bits per heavy atom. The fourth-order valence-corrected chi connectivity index (χ4v) is 4.10. The number of likely N-dealkylation sites (tertiary alicyclic amines) is 1. The first-order chi connectivity index (χ1) is 13.2. The Balaban J connectivity index is 1.46. The van der Waals surface area contributed by atoms with E-state index in [0.29, 0.717) is 11.6 Å². The van der Waals surface area contributed by atoms with Crippen LogP contribution in [0.2, 0.25) is 0 Å². The summed E-state index contributed by atoms with van der Waals surface area (Å²) < 4.78 is 0. The molecule has 2 aromatic carbocycles. The second-order valence-corrected chi connectivity index (χ2v) is 7.40. The maximum absolute atomic E-state index is 13.0. The molecule has 2 aromatic heterocycles. The van der Waals surface area contributed by atoms with E-state index in [0.717, 1.165) is 47.0 Å². The van der Waals surface area contributed by atoms with Gasteiger partial charge in [-0.05, 0) is 31.0 Å². The van der Waals surface area contributed by atoms with Gasteiger partial charge in [0.25, 0.3) is 5.91 Å². The summed E-state index contributed by atoms with van der Waals surface area (Å²) in [5, 5.41) is 2.11. The number of benzene rings is 2. The summed E-state index contributed by atoms with van der Waals surface area (Å²) in [6, 6.07) is 20.6. The molecule has 1 aliphatic rings. The first-order valence-electron chi connectivity index (χ1n) is 9.42. The van der Waals surface area contributed by atoms with Gasteiger partial charge in [0.2, 0.25) is 0 Å². The zero-order chi connectivity index (χ0) is 18.4. The third kappa shape index (κ3) is 2.78. The lowest BCUT2D eigenvalue weighted by molar-refractivity contribution is 0.0786. The minimum absolute atomic E-state index is 0.0328. The molecule has 0 bridgehead atoms. The predicted octanol–water partition coefficient (Wildman–Crippen LogP) is 4.65. The lowest BCUT2D eigenvalue weighted by Crippen LogP contribution is -2.28. The van der Waals surface area contributed by atoms with Gasteiger partial charge in [-0.3, -0.25) is 4.79 Å². The van der Waals surface area contributed by atoms with Crippen LogP contribution in [0, 0.1) is 6.92 Å². The fourth-order valence-electron chi connectivity index (χ4n) is 4.10. The topological polar surface area (TPSA) is 49.0 Å². The van der Waals surface area contributed by atoms with E-state index < -0.39 is 0 Å². The zero-order valence-electron chi connectivity index (χ0n) is 15.3. The summed E-state index contributed by atoms with van der Waals surface area (Å²) in [6.45, 7) is 3.58. The van der Waals surface area contributed by atoms with Gasteiger partial charge in [-0.25, -0.2) is 4.98 Å². The lowest BCUT2D eigenvalue weighted by Gasteiger charge is -2.15. The van der Waals surface area contributed by atoms with E-state index in [1.165, 1.54) is 5.56 Å². The normalized spacial score (nSPS) is 17.1. The SMILES string of the molecule is Cc1ccc2ccc3cc(C(=O)N4CCC(c5ccccc5)C4)nc3c2[nH]1. The number of nitrogens with one attached hydrogen (secondary N) is 1. The minimum atomic E-state index is 0.0328. The summed E-state index contributed by atoms with van der Waals surface area (Å²) in [5.41, 5.74) is 4.80.